The van der Waals surface area contributed by atoms with Crippen LogP contribution in [0.25, 0.3) is 0 Å². The van der Waals surface area contributed by atoms with E-state index in [1.54, 1.807) is 30.3 Å². The number of piperazine rings is 1. The van der Waals surface area contributed by atoms with Crippen molar-refractivity contribution in [3.63, 3.8) is 0 Å². The largest absolute Gasteiger partial charge is 0.489 e. The monoisotopic (exact) mass is 1900 g/mol. The van der Waals surface area contributed by atoms with Gasteiger partial charge >= 0.3 is 30.5 Å². The van der Waals surface area contributed by atoms with Gasteiger partial charge in [0, 0.05) is 156 Å². The Bertz CT molecular complexity index is 4720. The molecule has 3 unspecified atom stereocenters. The van der Waals surface area contributed by atoms with Gasteiger partial charge in [-0.3, -0.25) is 63.2 Å². The third-order valence-electron chi connectivity index (χ3n) is 23.1. The number of carbonyl (C=O) groups excluding carboxylic acids is 10. The van der Waals surface area contributed by atoms with Gasteiger partial charge in [0.1, 0.15) is 69.2 Å². The SMILES string of the molecule is CC(=O)NCC1CN(c2ccc(OCCN3CCNCC3)c(F)c2)C(=O)O1.CC(=O)NC[C@H]1CN(c2ccc(OCC3(O)CCNC3)c(F)c2)C(=O)O1.CC(=O)NC[C@H]1CN(c2ccc(OCCN(C)C3CNC3)c(F)c2)C(=O)O1.CC(=O)NC[C@H]1CN(c2ccc(OCCN(C)[C@H]3CCNC3)c(F)c2)C(=O)O1.CC(=O)NC[C@H]1CN(c2ccc(OCCOC3CCNC3)c(F)c2)C(=O)O1. The lowest BCUT2D eigenvalue weighted by molar-refractivity contribution is -0.120. The van der Waals surface area contributed by atoms with Crippen molar-refractivity contribution in [2.75, 3.05) is 242 Å². The summed E-state index contributed by atoms with van der Waals surface area (Å²) in [6.45, 7) is 23.8. The van der Waals surface area contributed by atoms with Gasteiger partial charge in [-0.25, -0.2) is 45.9 Å². The Balaban J connectivity index is 0.000000162. The lowest BCUT2D eigenvalue weighted by atomic mass is 10.1. The van der Waals surface area contributed by atoms with E-state index >= 15 is 0 Å². The molecule has 5 aromatic carbocycles. The Hall–Kier alpha value is -12.0. The van der Waals surface area contributed by atoms with Crippen molar-refractivity contribution in [1.82, 2.24) is 67.9 Å². The van der Waals surface area contributed by atoms with Gasteiger partial charge < -0.3 is 110 Å². The number of carbonyl (C=O) groups is 10. The van der Waals surface area contributed by atoms with Crippen molar-refractivity contribution in [3.8, 4) is 28.7 Å². The lowest BCUT2D eigenvalue weighted by Crippen LogP contribution is -2.56. The summed E-state index contributed by atoms with van der Waals surface area (Å²) in [4.78, 5) is 128. The predicted octanol–water partition coefficient (Wildman–Crippen LogP) is 3.53. The highest BCUT2D eigenvalue weighted by Crippen LogP contribution is 2.34. The maximum atomic E-state index is 14.4. The van der Waals surface area contributed by atoms with Gasteiger partial charge in [0.15, 0.2) is 57.8 Å². The van der Waals surface area contributed by atoms with Crippen molar-refractivity contribution >= 4 is 88.4 Å². The van der Waals surface area contributed by atoms with E-state index in [0.29, 0.717) is 99.5 Å². The summed E-state index contributed by atoms with van der Waals surface area (Å²) in [6.07, 6.45) is -2.39. The molecule has 135 heavy (non-hydrogen) atoms. The third-order valence-corrected chi connectivity index (χ3v) is 23.1. The van der Waals surface area contributed by atoms with Gasteiger partial charge in [0.25, 0.3) is 0 Å². The molecule has 10 saturated heterocycles. The van der Waals surface area contributed by atoms with Gasteiger partial charge in [-0.2, -0.15) is 0 Å². The topological polar surface area (TPSA) is 439 Å². The van der Waals surface area contributed by atoms with Crippen LogP contribution in [0.3, 0.4) is 0 Å². The molecule has 15 rings (SSSR count). The number of likely N-dealkylation sites (N-methyl/N-ethyl adjacent to an activating group) is 2. The standard InChI is InChI=1S/C19H27FN4O4.2C18H25FN4O4.C18H24FN3O5.C17H22FN3O5/c1-13(25)22-11-16-12-24(19(26)28-16)14-3-4-18(17(20)9-14)27-8-7-23(2)15-5-6-21-10-15;1-12(24)21-10-15-11-23(18(25)27-15)13-3-4-17(16(19)7-13)26-6-5-22(2)14-8-20-9-14;1-13(24)21-11-15-12-23(18(25)27-15)14-2-3-17(16(19)10-14)26-9-8-22-6-4-20-5-7-22;1-12(23)21-10-15-11-22(18(24)27-15)13-2-3-17(16(19)8-13)26-7-6-25-14-4-5-20-9-14;1-11(22)20-7-13-8-21(16(23)26-13)12-2-3-15(14(18)6-12)25-10-17(24)4-5-19-9-17/h3-4,9,15-16,21H,5-8,10-12H2,1-2H3,(H,22,25);3-4,7,14-15,20H,5-6,8-11H2,1-2H3,(H,21,24);2-3,10,15,20H,4-9,11-12H2,1H3,(H,21,24);2-3,8,14-15,20H,4-7,9-11H2,1H3,(H,21,23);2-3,6,13,19,24H,4-5,7-10H2,1H3,(H,20,22)/t15-,16-;15-;;14?,15-;13-,17?/m00.00/s1. The van der Waals surface area contributed by atoms with Gasteiger partial charge in [0.05, 0.1) is 107 Å². The van der Waals surface area contributed by atoms with Crippen LogP contribution in [-0.2, 0) is 52.4 Å². The van der Waals surface area contributed by atoms with Crippen LogP contribution < -0.4 is 101 Å². The second kappa shape index (κ2) is 51.1. The molecule has 0 spiro atoms. The molecule has 10 aliphatic heterocycles. The van der Waals surface area contributed by atoms with Gasteiger partial charge in [-0.05, 0) is 114 Å². The van der Waals surface area contributed by atoms with E-state index in [1.807, 2.05) is 14.1 Å². The second-order valence-electron chi connectivity index (χ2n) is 33.7. The van der Waals surface area contributed by atoms with Crippen LogP contribution in [0.5, 0.6) is 28.7 Å². The number of ether oxygens (including phenoxy) is 11. The molecule has 5 aromatic rings. The molecule has 0 aliphatic carbocycles. The number of nitrogens with zero attached hydrogens (tertiary/aromatic N) is 8. The first kappa shape index (κ1) is 104. The normalized spacial score (nSPS) is 21.8. The fourth-order valence-electron chi connectivity index (χ4n) is 15.3. The number of β-amino-alcohol motifs (C(OH)–C–C–N with tert-alkyl or cyclic N) is 1. The average Bonchev–Trinajstić information content (AvgIpc) is 1.73. The minimum absolute atomic E-state index is 0.0106. The van der Waals surface area contributed by atoms with Crippen LogP contribution in [0, 0.1) is 29.1 Å². The number of halogens is 5. The Labute approximate surface area is 779 Å². The number of aliphatic hydroxyl groups is 1. The number of benzene rings is 5. The molecular weight excluding hydrogens is 1780 g/mol. The summed E-state index contributed by atoms with van der Waals surface area (Å²) in [5, 5.41) is 39.2. The molecular formula is C90H123F5N18O22. The second-order valence-corrected chi connectivity index (χ2v) is 33.7. The van der Waals surface area contributed by atoms with Gasteiger partial charge in [-0.1, -0.05) is 0 Å². The van der Waals surface area contributed by atoms with Crippen LogP contribution in [-0.4, -0.2) is 351 Å². The molecule has 11 N–H and O–H groups in total. The molecule has 8 atom stereocenters. The maximum absolute atomic E-state index is 14.4. The lowest BCUT2D eigenvalue weighted by Gasteiger charge is -2.35. The van der Waals surface area contributed by atoms with Crippen molar-refractivity contribution < 1.29 is 127 Å². The zero-order valence-corrected chi connectivity index (χ0v) is 76.8. The van der Waals surface area contributed by atoms with Crippen molar-refractivity contribution in [1.29, 1.82) is 0 Å². The highest BCUT2D eigenvalue weighted by molar-refractivity contribution is 5.93. The Kier molecular flexibility index (Phi) is 39.2. The van der Waals surface area contributed by atoms with E-state index in [9.17, 15) is 75.0 Å². The molecule has 740 valence electrons. The summed E-state index contributed by atoms with van der Waals surface area (Å²) < 4.78 is 131. The average molecular weight is 1900 g/mol. The number of cyclic esters (lactones) is 5. The highest BCUT2D eigenvalue weighted by atomic mass is 19.1. The number of hydrogen-bond acceptors (Lipinski definition) is 30. The molecule has 10 aliphatic rings. The number of nitrogens with one attached hydrogen (secondary N) is 10. The van der Waals surface area contributed by atoms with E-state index in [2.05, 4.69) is 67.9 Å². The number of anilines is 5. The van der Waals surface area contributed by atoms with Crippen LogP contribution in [0.2, 0.25) is 0 Å². The van der Waals surface area contributed by atoms with Gasteiger partial charge in [-0.15, -0.1) is 0 Å². The minimum atomic E-state index is -0.999. The predicted molar refractivity (Wildman–Crippen MR) is 483 cm³/mol. The first-order chi connectivity index (χ1) is 64.8. The first-order valence-electron chi connectivity index (χ1n) is 45.0. The number of rotatable bonds is 37. The molecule has 0 bridgehead atoms. The summed E-state index contributed by atoms with van der Waals surface area (Å²) in [6, 6.07) is 22.7. The first-order valence-corrected chi connectivity index (χ1v) is 45.0. The van der Waals surface area contributed by atoms with Crippen molar-refractivity contribution in [3.05, 3.63) is 120 Å². The number of amides is 10. The Morgan fingerprint density at radius 1 is 0.400 bits per heavy atom. The van der Waals surface area contributed by atoms with E-state index in [4.69, 9.17) is 52.1 Å². The van der Waals surface area contributed by atoms with E-state index < -0.39 is 95.7 Å². The van der Waals surface area contributed by atoms with E-state index in [1.165, 1.54) is 120 Å². The van der Waals surface area contributed by atoms with Gasteiger partial charge in [0.2, 0.25) is 29.5 Å². The minimum Gasteiger partial charge on any atom is -0.489 e. The van der Waals surface area contributed by atoms with Crippen molar-refractivity contribution in [2.24, 2.45) is 0 Å². The smallest absolute Gasteiger partial charge is 0.414 e. The summed E-state index contributed by atoms with van der Waals surface area (Å²) in [7, 11) is 4.06. The van der Waals surface area contributed by atoms with Crippen LogP contribution in [0.4, 0.5) is 74.4 Å². The molecule has 10 heterocycles. The molecule has 40 nitrogen and oxygen atoms in total. The molecule has 0 radical (unpaired) electrons. The molecule has 10 fully saturated rings. The zero-order valence-electron chi connectivity index (χ0n) is 76.8. The summed E-state index contributed by atoms with van der Waals surface area (Å²) in [5.74, 6) is -3.19. The highest BCUT2D eigenvalue weighted by Gasteiger charge is 2.40. The Morgan fingerprint density at radius 2 is 0.726 bits per heavy atom. The fourth-order valence-corrected chi connectivity index (χ4v) is 15.3. The van der Waals surface area contributed by atoms with Crippen molar-refractivity contribution in [2.45, 2.75) is 108 Å². The third kappa shape index (κ3) is 32.1. The van der Waals surface area contributed by atoms with Crippen LogP contribution >= 0.6 is 0 Å². The maximum Gasteiger partial charge on any atom is 0.414 e. The molecule has 45 heteroatoms. The number of hydrogen-bond donors (Lipinski definition) is 11. The van der Waals surface area contributed by atoms with E-state index in [-0.39, 0.29) is 143 Å². The summed E-state index contributed by atoms with van der Waals surface area (Å²) >= 11 is 0. The quantitative estimate of drug-likeness (QED) is 0.0154. The Morgan fingerprint density at radius 3 is 1.03 bits per heavy atom. The fraction of sp³-hybridized carbons (Fsp3) is 0.556. The van der Waals surface area contributed by atoms with Crippen LogP contribution in [0.1, 0.15) is 53.9 Å². The molecule has 0 aromatic heterocycles. The molecule has 10 amide bonds. The zero-order chi connectivity index (χ0) is 96.7. The van der Waals surface area contributed by atoms with E-state index in [0.717, 1.165) is 84.8 Å². The molecule has 0 saturated carbocycles. The van der Waals surface area contributed by atoms with Crippen LogP contribution in [0.15, 0.2) is 91.0 Å². The summed E-state index contributed by atoms with van der Waals surface area (Å²) in [5.41, 5.74) is 0.912.